The summed E-state index contributed by atoms with van der Waals surface area (Å²) < 4.78 is 4.95. The van der Waals surface area contributed by atoms with Crippen molar-refractivity contribution in [3.8, 4) is 0 Å². The molecule has 3 aromatic heterocycles. The van der Waals surface area contributed by atoms with Crippen molar-refractivity contribution in [2.45, 2.75) is 27.3 Å². The van der Waals surface area contributed by atoms with Crippen molar-refractivity contribution in [1.29, 1.82) is 0 Å². The average molecular weight is 417 g/mol. The molecule has 154 valence electrons. The van der Waals surface area contributed by atoms with Crippen molar-refractivity contribution in [3.63, 3.8) is 0 Å². The molecular formula is C19H24N6O3S. The summed E-state index contributed by atoms with van der Waals surface area (Å²) in [5.74, 6) is 1.69. The van der Waals surface area contributed by atoms with Crippen molar-refractivity contribution in [2.24, 2.45) is 0 Å². The summed E-state index contributed by atoms with van der Waals surface area (Å²) in [5, 5.41) is 7.22. The maximum atomic E-state index is 12.4. The van der Waals surface area contributed by atoms with Gasteiger partial charge in [-0.25, -0.2) is 4.98 Å². The Kier molecular flexibility index (Phi) is 5.48. The van der Waals surface area contributed by atoms with Gasteiger partial charge in [0.05, 0.1) is 18.5 Å². The summed E-state index contributed by atoms with van der Waals surface area (Å²) in [7, 11) is 0. The van der Waals surface area contributed by atoms with Gasteiger partial charge in [-0.15, -0.1) is 11.3 Å². The monoisotopic (exact) mass is 416 g/mol. The smallest absolute Gasteiger partial charge is 0.259 e. The van der Waals surface area contributed by atoms with Gasteiger partial charge >= 0.3 is 0 Å². The van der Waals surface area contributed by atoms with Gasteiger partial charge in [0, 0.05) is 37.1 Å². The van der Waals surface area contributed by atoms with Crippen LogP contribution in [0.15, 0.2) is 15.4 Å². The highest BCUT2D eigenvalue weighted by Crippen LogP contribution is 2.25. The number of fused-ring (bicyclic) bond motifs is 1. The molecule has 0 aliphatic carbocycles. The van der Waals surface area contributed by atoms with Gasteiger partial charge in [0.25, 0.3) is 5.56 Å². The minimum atomic E-state index is -0.105. The first-order chi connectivity index (χ1) is 13.9. The SMILES string of the molecule is Cc1cc(NC(=O)CN2CCN(Cc3nc4sc(C)c(C)c4c(=O)[nH]3)CC2)no1. The summed E-state index contributed by atoms with van der Waals surface area (Å²) in [6.07, 6.45) is 0. The number of aryl methyl sites for hydroxylation is 3. The first kappa shape index (κ1) is 19.7. The largest absolute Gasteiger partial charge is 0.360 e. The molecule has 0 unspecified atom stereocenters. The van der Waals surface area contributed by atoms with Crippen LogP contribution in [0.1, 0.15) is 22.0 Å². The van der Waals surface area contributed by atoms with E-state index < -0.39 is 0 Å². The summed E-state index contributed by atoms with van der Waals surface area (Å²) in [6.45, 7) is 9.82. The van der Waals surface area contributed by atoms with Crippen LogP contribution < -0.4 is 10.9 Å². The number of nitrogens with one attached hydrogen (secondary N) is 2. The molecule has 4 heterocycles. The Labute approximate surface area is 171 Å². The molecule has 10 heteroatoms. The van der Waals surface area contributed by atoms with Crippen LogP contribution in [-0.2, 0) is 11.3 Å². The van der Waals surface area contributed by atoms with Crippen molar-refractivity contribution < 1.29 is 9.32 Å². The second kappa shape index (κ2) is 8.05. The predicted molar refractivity (Wildman–Crippen MR) is 111 cm³/mol. The number of piperazine rings is 1. The van der Waals surface area contributed by atoms with Crippen LogP contribution in [0.4, 0.5) is 5.82 Å². The van der Waals surface area contributed by atoms with Crippen molar-refractivity contribution in [3.05, 3.63) is 38.4 Å². The molecule has 1 saturated heterocycles. The second-order valence-electron chi connectivity index (χ2n) is 7.40. The number of rotatable bonds is 5. The van der Waals surface area contributed by atoms with Gasteiger partial charge in [-0.05, 0) is 26.3 Å². The summed E-state index contributed by atoms with van der Waals surface area (Å²) in [4.78, 5) is 38.4. The molecule has 2 N–H and O–H groups in total. The standard InChI is InChI=1S/C19H24N6O3S/c1-11-8-14(23-28-11)20-16(26)10-25-6-4-24(5-7-25)9-15-21-18(27)17-12(2)13(3)29-19(17)22-15/h8H,4-7,9-10H2,1-3H3,(H,20,23,26)(H,21,22,27). The van der Waals surface area contributed by atoms with Crippen LogP contribution >= 0.6 is 11.3 Å². The summed E-state index contributed by atoms with van der Waals surface area (Å²) in [5.41, 5.74) is 0.947. The molecule has 3 aromatic rings. The minimum Gasteiger partial charge on any atom is -0.360 e. The number of nitrogens with zero attached hydrogens (tertiary/aromatic N) is 4. The van der Waals surface area contributed by atoms with E-state index in [-0.39, 0.29) is 11.5 Å². The Bertz CT molecular complexity index is 1090. The van der Waals surface area contributed by atoms with Crippen LogP contribution in [-0.4, -0.2) is 63.6 Å². The zero-order valence-electron chi connectivity index (χ0n) is 16.7. The molecule has 9 nitrogen and oxygen atoms in total. The normalized spacial score (nSPS) is 15.8. The van der Waals surface area contributed by atoms with Gasteiger partial charge in [0.2, 0.25) is 5.91 Å². The molecular weight excluding hydrogens is 392 g/mol. The maximum absolute atomic E-state index is 12.4. The van der Waals surface area contributed by atoms with E-state index in [1.54, 1.807) is 24.3 Å². The highest BCUT2D eigenvalue weighted by atomic mass is 32.1. The first-order valence-electron chi connectivity index (χ1n) is 9.56. The molecule has 1 aliphatic rings. The Morgan fingerprint density at radius 1 is 1.24 bits per heavy atom. The average Bonchev–Trinajstić information content (AvgIpc) is 3.19. The Morgan fingerprint density at radius 3 is 2.66 bits per heavy atom. The van der Waals surface area contributed by atoms with Crippen molar-refractivity contribution in [2.75, 3.05) is 38.0 Å². The topological polar surface area (TPSA) is 107 Å². The zero-order chi connectivity index (χ0) is 20.5. The minimum absolute atomic E-state index is 0.0646. The van der Waals surface area contributed by atoms with Gasteiger partial charge in [0.15, 0.2) is 5.82 Å². The van der Waals surface area contributed by atoms with E-state index in [0.717, 1.165) is 41.5 Å². The Hall–Kier alpha value is -2.56. The van der Waals surface area contributed by atoms with Gasteiger partial charge in [-0.3, -0.25) is 19.4 Å². The van der Waals surface area contributed by atoms with E-state index in [1.807, 2.05) is 13.8 Å². The third kappa shape index (κ3) is 4.39. The maximum Gasteiger partial charge on any atom is 0.259 e. The fourth-order valence-corrected chi connectivity index (χ4v) is 4.55. The van der Waals surface area contributed by atoms with E-state index in [4.69, 9.17) is 4.52 Å². The number of hydrogen-bond donors (Lipinski definition) is 2. The fraction of sp³-hybridized carbons (Fsp3) is 0.474. The van der Waals surface area contributed by atoms with Crippen molar-refractivity contribution in [1.82, 2.24) is 24.9 Å². The molecule has 4 rings (SSSR count). The number of hydrogen-bond acceptors (Lipinski definition) is 8. The molecule has 0 bridgehead atoms. The Morgan fingerprint density at radius 2 is 1.97 bits per heavy atom. The van der Waals surface area contributed by atoms with Crippen LogP contribution in [0.5, 0.6) is 0 Å². The number of H-pyrrole nitrogens is 1. The third-order valence-corrected chi connectivity index (χ3v) is 6.29. The predicted octanol–water partition coefficient (Wildman–Crippen LogP) is 1.65. The third-order valence-electron chi connectivity index (χ3n) is 5.19. The first-order valence-corrected chi connectivity index (χ1v) is 10.4. The molecule has 1 fully saturated rings. The number of aromatic amines is 1. The number of carbonyl (C=O) groups is 1. The summed E-state index contributed by atoms with van der Waals surface area (Å²) >= 11 is 1.56. The quantitative estimate of drug-likeness (QED) is 0.651. The lowest BCUT2D eigenvalue weighted by molar-refractivity contribution is -0.117. The number of carbonyl (C=O) groups excluding carboxylic acids is 1. The Balaban J connectivity index is 1.31. The van der Waals surface area contributed by atoms with Gasteiger partial charge in [-0.2, -0.15) is 0 Å². The number of amides is 1. The lowest BCUT2D eigenvalue weighted by atomic mass is 10.2. The molecule has 29 heavy (non-hydrogen) atoms. The van der Waals surface area contributed by atoms with Gasteiger partial charge in [0.1, 0.15) is 16.4 Å². The van der Waals surface area contributed by atoms with Crippen LogP contribution in [0.25, 0.3) is 10.2 Å². The van der Waals surface area contributed by atoms with Crippen LogP contribution in [0, 0.1) is 20.8 Å². The lowest BCUT2D eigenvalue weighted by Crippen LogP contribution is -2.48. The molecule has 1 amide bonds. The summed E-state index contributed by atoms with van der Waals surface area (Å²) in [6, 6.07) is 1.69. The van der Waals surface area contributed by atoms with E-state index in [1.165, 1.54) is 0 Å². The van der Waals surface area contributed by atoms with Crippen LogP contribution in [0.3, 0.4) is 0 Å². The number of aromatic nitrogens is 3. The van der Waals surface area contributed by atoms with Gasteiger partial charge in [-0.1, -0.05) is 5.16 Å². The highest BCUT2D eigenvalue weighted by Gasteiger charge is 2.21. The fourth-order valence-electron chi connectivity index (χ4n) is 3.50. The molecule has 0 spiro atoms. The van der Waals surface area contributed by atoms with E-state index >= 15 is 0 Å². The molecule has 1 aliphatic heterocycles. The molecule has 0 radical (unpaired) electrons. The number of thiophene rings is 1. The lowest BCUT2D eigenvalue weighted by Gasteiger charge is -2.33. The van der Waals surface area contributed by atoms with E-state index in [0.29, 0.717) is 35.9 Å². The molecule has 0 saturated carbocycles. The van der Waals surface area contributed by atoms with Gasteiger partial charge < -0.3 is 14.8 Å². The van der Waals surface area contributed by atoms with Crippen molar-refractivity contribution >= 4 is 33.3 Å². The highest BCUT2D eigenvalue weighted by molar-refractivity contribution is 7.18. The zero-order valence-corrected chi connectivity index (χ0v) is 17.6. The number of anilines is 1. The molecule has 0 atom stereocenters. The molecule has 0 aromatic carbocycles. The van der Waals surface area contributed by atoms with E-state index in [2.05, 4.69) is 30.2 Å². The van der Waals surface area contributed by atoms with E-state index in [9.17, 15) is 9.59 Å². The second-order valence-corrected chi connectivity index (χ2v) is 8.60. The van der Waals surface area contributed by atoms with Crippen LogP contribution in [0.2, 0.25) is 0 Å².